The predicted octanol–water partition coefficient (Wildman–Crippen LogP) is 8.36. The van der Waals surface area contributed by atoms with Crippen LogP contribution in [0.5, 0.6) is 0 Å². The zero-order chi connectivity index (χ0) is 49.1. The predicted molar refractivity (Wildman–Crippen MR) is 277 cm³/mol. The number of nitrogens with zero attached hydrogens (tertiary/aromatic N) is 8. The molecule has 0 atom stereocenters. The summed E-state index contributed by atoms with van der Waals surface area (Å²) in [5.74, 6) is 0.695. The Balaban J connectivity index is 0.000000158. The van der Waals surface area contributed by atoms with Gasteiger partial charge in [0, 0.05) is 75.0 Å². The van der Waals surface area contributed by atoms with Crippen LogP contribution in [0.1, 0.15) is 117 Å². The number of rotatable bonds is 14. The zero-order valence-corrected chi connectivity index (χ0v) is 45.5. The minimum atomic E-state index is -4.03. The Morgan fingerprint density at radius 3 is 1.62 bits per heavy atom. The number of nitrogens with one attached hydrogen (secondary N) is 3. The van der Waals surface area contributed by atoms with Gasteiger partial charge >= 0.3 is 0 Å². The largest absolute Gasteiger partial charge is 0.359 e. The van der Waals surface area contributed by atoms with Crippen LogP contribution < -0.4 is 10.6 Å². The molecule has 380 valence electrons. The van der Waals surface area contributed by atoms with Gasteiger partial charge in [0.1, 0.15) is 6.73 Å². The van der Waals surface area contributed by atoms with Crippen LogP contribution in [0, 0.1) is 0 Å². The van der Waals surface area contributed by atoms with E-state index in [0.717, 1.165) is 101 Å². The lowest BCUT2D eigenvalue weighted by atomic mass is 9.99. The molecule has 4 heterocycles. The van der Waals surface area contributed by atoms with E-state index in [1.807, 2.05) is 0 Å². The number of anilines is 4. The van der Waals surface area contributed by atoms with E-state index in [2.05, 4.69) is 105 Å². The van der Waals surface area contributed by atoms with Crippen molar-refractivity contribution in [2.45, 2.75) is 179 Å². The number of aryl methyl sites for hydroxylation is 4. The molecule has 2 fully saturated rings. The number of hydrogen-bond acceptors (Lipinski definition) is 13. The SMILES string of the molecule is CC(C)N1CCCCC1.CC(C)N1CCN(S(=O)(=O)c2nc(Nc3c4c(cc5c3CCC5)CCC4)n[nH]2)CC1.C[Si](C)(C)CCOCn1nc(S(=O)(=O)Cl)nc1Nc1c2c(cc3c1CCC3)CCC2. The van der Waals surface area contributed by atoms with E-state index >= 15 is 0 Å². The lowest BCUT2D eigenvalue weighted by Gasteiger charge is -2.35. The van der Waals surface area contributed by atoms with Gasteiger partial charge in [-0.2, -0.15) is 14.3 Å². The first-order valence-corrected chi connectivity index (χ1v) is 33.1. The van der Waals surface area contributed by atoms with E-state index in [4.69, 9.17) is 15.4 Å². The summed E-state index contributed by atoms with van der Waals surface area (Å²) in [4.78, 5) is 13.4. The number of likely N-dealkylation sites (tertiary alicyclic amines) is 1. The number of aromatic amines is 1. The molecule has 2 aliphatic heterocycles. The Kier molecular flexibility index (Phi) is 16.7. The summed E-state index contributed by atoms with van der Waals surface area (Å²) in [5, 5.41) is 17.3. The molecule has 20 heteroatoms. The van der Waals surface area contributed by atoms with Crippen molar-refractivity contribution < 1.29 is 21.6 Å². The fourth-order valence-electron chi connectivity index (χ4n) is 10.7. The molecule has 0 spiro atoms. The average molecular weight is 1030 g/mol. The third-order valence-electron chi connectivity index (χ3n) is 14.7. The lowest BCUT2D eigenvalue weighted by molar-refractivity contribution is 0.0792. The van der Waals surface area contributed by atoms with Crippen LogP contribution in [-0.2, 0) is 81.9 Å². The molecule has 6 aliphatic rings. The second-order valence-electron chi connectivity index (χ2n) is 21.4. The maximum atomic E-state index is 13.0. The Hall–Kier alpha value is -3.43. The first kappa shape index (κ1) is 51.9. The van der Waals surface area contributed by atoms with Gasteiger partial charge in [-0.15, -0.1) is 10.2 Å². The number of H-pyrrole nitrogens is 1. The lowest BCUT2D eigenvalue weighted by Crippen LogP contribution is -2.50. The molecule has 0 radical (unpaired) electrons. The molecule has 2 aromatic carbocycles. The number of sulfonamides is 1. The monoisotopic (exact) mass is 1030 g/mol. The van der Waals surface area contributed by atoms with Crippen molar-refractivity contribution in [2.75, 3.05) is 56.5 Å². The number of aromatic nitrogens is 6. The van der Waals surface area contributed by atoms with Gasteiger partial charge in [0.15, 0.2) is 0 Å². The van der Waals surface area contributed by atoms with Gasteiger partial charge in [-0.1, -0.05) is 38.2 Å². The van der Waals surface area contributed by atoms with Crippen molar-refractivity contribution in [3.63, 3.8) is 0 Å². The maximum Gasteiger partial charge on any atom is 0.298 e. The van der Waals surface area contributed by atoms with E-state index in [1.165, 1.54) is 98.7 Å². The number of piperazine rings is 1. The van der Waals surface area contributed by atoms with Gasteiger partial charge in [-0.05, 0) is 181 Å². The van der Waals surface area contributed by atoms with E-state index in [9.17, 15) is 16.8 Å². The van der Waals surface area contributed by atoms with Crippen molar-refractivity contribution >= 4 is 61.1 Å². The van der Waals surface area contributed by atoms with Gasteiger partial charge in [-0.3, -0.25) is 4.90 Å². The Morgan fingerprint density at radius 1 is 0.667 bits per heavy atom. The quantitative estimate of drug-likeness (QED) is 0.0623. The second-order valence-corrected chi connectivity index (χ2v) is 31.3. The molecule has 3 N–H and O–H groups in total. The topological polar surface area (TPSA) is 184 Å². The number of piperidine rings is 1. The molecule has 0 unspecified atom stereocenters. The number of halogens is 1. The highest BCUT2D eigenvalue weighted by atomic mass is 35.7. The molecular formula is C49H76ClN11O5S2Si. The van der Waals surface area contributed by atoms with Gasteiger partial charge in [0.05, 0.1) is 0 Å². The van der Waals surface area contributed by atoms with Crippen molar-refractivity contribution in [1.82, 2.24) is 44.1 Å². The number of benzene rings is 2. The molecule has 0 bridgehead atoms. The van der Waals surface area contributed by atoms with Crippen molar-refractivity contribution in [2.24, 2.45) is 0 Å². The highest BCUT2D eigenvalue weighted by Gasteiger charge is 2.33. The highest BCUT2D eigenvalue weighted by molar-refractivity contribution is 8.13. The minimum Gasteiger partial charge on any atom is -0.359 e. The van der Waals surface area contributed by atoms with Crippen molar-refractivity contribution in [1.29, 1.82) is 0 Å². The van der Waals surface area contributed by atoms with Crippen LogP contribution in [0.25, 0.3) is 0 Å². The summed E-state index contributed by atoms with van der Waals surface area (Å²) in [5.41, 5.74) is 13.2. The van der Waals surface area contributed by atoms with E-state index in [1.54, 1.807) is 0 Å². The summed E-state index contributed by atoms with van der Waals surface area (Å²) < 4.78 is 58.6. The molecule has 4 aromatic rings. The van der Waals surface area contributed by atoms with Gasteiger partial charge in [0.2, 0.25) is 11.9 Å². The molecule has 0 saturated carbocycles. The summed E-state index contributed by atoms with van der Waals surface area (Å²) in [6.07, 6.45) is 17.5. The summed E-state index contributed by atoms with van der Waals surface area (Å²) >= 11 is 0. The van der Waals surface area contributed by atoms with Crippen molar-refractivity contribution in [3.8, 4) is 0 Å². The first-order valence-electron chi connectivity index (χ1n) is 25.6. The van der Waals surface area contributed by atoms with Crippen molar-refractivity contribution in [3.05, 3.63) is 56.6 Å². The first-order chi connectivity index (χ1) is 32.9. The van der Waals surface area contributed by atoms with Crippen LogP contribution >= 0.6 is 10.7 Å². The molecule has 0 amide bonds. The minimum absolute atomic E-state index is 0.0766. The summed E-state index contributed by atoms with van der Waals surface area (Å²) in [6, 6.07) is 6.94. The normalized spacial score (nSPS) is 18.6. The molecular weight excluding hydrogens is 950 g/mol. The molecule has 4 aliphatic carbocycles. The van der Waals surface area contributed by atoms with E-state index in [0.29, 0.717) is 37.6 Å². The standard InChI is InChI=1S/C21H30N6O2S.C20H29ClN4O3SSi.C8H17N/c1-14(2)26-9-11-27(12-10-26)30(28,29)21-23-20(24-25-21)22-19-17-7-3-5-15(17)13-16-6-4-8-18(16)19;1-30(2,3)11-10-28-13-25-19(23-20(24-25)29(21,26)27)22-18-16-8-4-6-14(16)12-15-7-5-9-17(15)18;1-8(2)9-6-4-3-5-7-9/h13-14H,3-12H2,1-2H3,(H2,22,23,24,25);12H,4-11,13H2,1-3H3,(H,22,23,24);8H,3-7H2,1-2H3. The van der Waals surface area contributed by atoms with Crippen LogP contribution in [0.3, 0.4) is 0 Å². The molecule has 69 heavy (non-hydrogen) atoms. The highest BCUT2D eigenvalue weighted by Crippen LogP contribution is 2.41. The third kappa shape index (κ3) is 12.6. The second kappa shape index (κ2) is 22.1. The maximum absolute atomic E-state index is 13.0. The smallest absolute Gasteiger partial charge is 0.298 e. The Bertz CT molecular complexity index is 2590. The fraction of sp³-hybridized carbons (Fsp3) is 0.673. The Morgan fingerprint density at radius 2 is 1.16 bits per heavy atom. The van der Waals surface area contributed by atoms with Gasteiger partial charge < -0.3 is 20.3 Å². The molecule has 2 saturated heterocycles. The number of ether oxygens (including phenoxy) is 1. The van der Waals surface area contributed by atoms with E-state index in [-0.39, 0.29) is 11.9 Å². The van der Waals surface area contributed by atoms with Crippen LogP contribution in [0.4, 0.5) is 23.3 Å². The number of fused-ring (bicyclic) bond motifs is 4. The fourth-order valence-corrected chi connectivity index (χ4v) is 13.3. The zero-order valence-electron chi connectivity index (χ0n) is 42.1. The molecule has 2 aromatic heterocycles. The van der Waals surface area contributed by atoms with E-state index < -0.39 is 32.3 Å². The van der Waals surface area contributed by atoms with Crippen LogP contribution in [-0.4, -0.2) is 127 Å². The summed E-state index contributed by atoms with van der Waals surface area (Å²) in [7, 11) is -3.40. The number of hydrogen-bond donors (Lipinski definition) is 3. The van der Waals surface area contributed by atoms with Crippen LogP contribution in [0.2, 0.25) is 25.7 Å². The van der Waals surface area contributed by atoms with Gasteiger partial charge in [0.25, 0.3) is 29.4 Å². The third-order valence-corrected chi connectivity index (χ3v) is 19.1. The molecule has 10 rings (SSSR count). The molecule has 16 nitrogen and oxygen atoms in total. The van der Waals surface area contributed by atoms with Crippen LogP contribution in [0.15, 0.2) is 22.4 Å². The Labute approximate surface area is 416 Å². The summed E-state index contributed by atoms with van der Waals surface area (Å²) in [6.45, 7) is 21.5. The van der Waals surface area contributed by atoms with Gasteiger partial charge in [-0.25, -0.2) is 26.6 Å². The average Bonchev–Trinajstić information content (AvgIpc) is 4.18.